The quantitative estimate of drug-likeness (QED) is 0.794. The van der Waals surface area contributed by atoms with Crippen molar-refractivity contribution in [3.63, 3.8) is 0 Å². The van der Waals surface area contributed by atoms with Crippen molar-refractivity contribution in [2.75, 3.05) is 51.7 Å². The Kier molecular flexibility index (Phi) is 6.31. The highest BCUT2D eigenvalue weighted by molar-refractivity contribution is 5.87. The van der Waals surface area contributed by atoms with E-state index in [0.717, 1.165) is 44.7 Å². The molecule has 0 radical (unpaired) electrons. The molecule has 0 aliphatic carbocycles. The van der Waals surface area contributed by atoms with Crippen LogP contribution in [-0.4, -0.2) is 84.4 Å². The van der Waals surface area contributed by atoms with Gasteiger partial charge in [-0.05, 0) is 45.0 Å². The summed E-state index contributed by atoms with van der Waals surface area (Å²) in [6, 6.07) is 3.91. The standard InChI is InChI=1S/C20H31N5O2/c1-16(26)25-9-5-4-6-18(25)20(27)24-12-10-23(11-13-24)19-8-7-17(14-21-19)15-22(2)3/h7-8,14,18H,4-6,9-13,15H2,1-3H3. The number of pyridine rings is 1. The number of anilines is 1. The van der Waals surface area contributed by atoms with Crippen molar-refractivity contribution in [3.05, 3.63) is 23.9 Å². The van der Waals surface area contributed by atoms with Gasteiger partial charge >= 0.3 is 0 Å². The molecule has 27 heavy (non-hydrogen) atoms. The summed E-state index contributed by atoms with van der Waals surface area (Å²) in [6.45, 7) is 6.06. The number of carbonyl (C=O) groups is 2. The van der Waals surface area contributed by atoms with E-state index in [1.807, 2.05) is 25.2 Å². The summed E-state index contributed by atoms with van der Waals surface area (Å²) >= 11 is 0. The summed E-state index contributed by atoms with van der Waals surface area (Å²) in [7, 11) is 4.09. The first-order chi connectivity index (χ1) is 13.0. The SMILES string of the molecule is CC(=O)N1CCCCC1C(=O)N1CCN(c2ccc(CN(C)C)cn2)CC1. The highest BCUT2D eigenvalue weighted by atomic mass is 16.2. The fourth-order valence-electron chi connectivity index (χ4n) is 3.99. The first-order valence-electron chi connectivity index (χ1n) is 9.86. The van der Waals surface area contributed by atoms with Crippen LogP contribution < -0.4 is 4.90 Å². The van der Waals surface area contributed by atoms with E-state index in [2.05, 4.69) is 26.9 Å². The normalized spacial score (nSPS) is 20.9. The lowest BCUT2D eigenvalue weighted by molar-refractivity contribution is -0.146. The molecule has 1 atom stereocenters. The molecular formula is C20H31N5O2. The van der Waals surface area contributed by atoms with Crippen LogP contribution in [0.3, 0.4) is 0 Å². The van der Waals surface area contributed by atoms with Crippen LogP contribution in [0.2, 0.25) is 0 Å². The lowest BCUT2D eigenvalue weighted by atomic mass is 10.0. The Morgan fingerprint density at radius 1 is 1.11 bits per heavy atom. The van der Waals surface area contributed by atoms with E-state index in [0.29, 0.717) is 19.6 Å². The van der Waals surface area contributed by atoms with Crippen molar-refractivity contribution in [1.29, 1.82) is 0 Å². The second-order valence-corrected chi connectivity index (χ2v) is 7.80. The van der Waals surface area contributed by atoms with E-state index in [-0.39, 0.29) is 17.9 Å². The minimum absolute atomic E-state index is 0.00806. The summed E-state index contributed by atoms with van der Waals surface area (Å²) in [4.78, 5) is 37.4. The summed E-state index contributed by atoms with van der Waals surface area (Å²) < 4.78 is 0. The van der Waals surface area contributed by atoms with Crippen LogP contribution in [0, 0.1) is 0 Å². The minimum Gasteiger partial charge on any atom is -0.353 e. The monoisotopic (exact) mass is 373 g/mol. The van der Waals surface area contributed by atoms with Crippen LogP contribution in [0.25, 0.3) is 0 Å². The van der Waals surface area contributed by atoms with E-state index in [1.165, 1.54) is 5.56 Å². The molecule has 2 fully saturated rings. The van der Waals surface area contributed by atoms with Crippen LogP contribution in [0.5, 0.6) is 0 Å². The molecule has 3 rings (SSSR count). The van der Waals surface area contributed by atoms with Gasteiger partial charge in [0.2, 0.25) is 11.8 Å². The number of piperidine rings is 1. The molecule has 2 saturated heterocycles. The number of aromatic nitrogens is 1. The molecule has 2 amide bonds. The molecule has 0 aromatic carbocycles. The van der Waals surface area contributed by atoms with Gasteiger partial charge in [0.1, 0.15) is 11.9 Å². The van der Waals surface area contributed by atoms with Crippen molar-refractivity contribution >= 4 is 17.6 Å². The lowest BCUT2D eigenvalue weighted by Gasteiger charge is -2.40. The third kappa shape index (κ3) is 4.77. The molecule has 7 nitrogen and oxygen atoms in total. The Labute approximate surface area is 161 Å². The molecule has 0 bridgehead atoms. The van der Waals surface area contributed by atoms with Crippen LogP contribution in [0.1, 0.15) is 31.7 Å². The molecule has 1 unspecified atom stereocenters. The van der Waals surface area contributed by atoms with E-state index >= 15 is 0 Å². The zero-order valence-electron chi connectivity index (χ0n) is 16.7. The van der Waals surface area contributed by atoms with E-state index < -0.39 is 0 Å². The zero-order chi connectivity index (χ0) is 19.4. The van der Waals surface area contributed by atoms with Crippen molar-refractivity contribution in [2.24, 2.45) is 0 Å². The van der Waals surface area contributed by atoms with Crippen molar-refractivity contribution in [2.45, 2.75) is 38.8 Å². The van der Waals surface area contributed by atoms with Crippen molar-refractivity contribution in [3.8, 4) is 0 Å². The number of rotatable bonds is 4. The summed E-state index contributed by atoms with van der Waals surface area (Å²) in [5, 5.41) is 0. The molecule has 0 N–H and O–H groups in total. The van der Waals surface area contributed by atoms with E-state index in [1.54, 1.807) is 11.8 Å². The van der Waals surface area contributed by atoms with Crippen LogP contribution >= 0.6 is 0 Å². The number of likely N-dealkylation sites (tertiary alicyclic amines) is 1. The van der Waals surface area contributed by atoms with Gasteiger partial charge in [0.25, 0.3) is 0 Å². The molecule has 1 aromatic heterocycles. The van der Waals surface area contributed by atoms with E-state index in [9.17, 15) is 9.59 Å². The van der Waals surface area contributed by atoms with Crippen LogP contribution in [0.15, 0.2) is 18.3 Å². The summed E-state index contributed by atoms with van der Waals surface area (Å²) in [6.07, 6.45) is 4.73. The van der Waals surface area contributed by atoms with Crippen molar-refractivity contribution < 1.29 is 9.59 Å². The number of hydrogen-bond donors (Lipinski definition) is 0. The molecule has 7 heteroatoms. The van der Waals surface area contributed by atoms with Crippen LogP contribution in [-0.2, 0) is 16.1 Å². The largest absolute Gasteiger partial charge is 0.353 e. The second kappa shape index (κ2) is 8.69. The third-order valence-corrected chi connectivity index (χ3v) is 5.42. The number of carbonyl (C=O) groups excluding carboxylic acids is 2. The van der Waals surface area contributed by atoms with Gasteiger partial charge in [-0.3, -0.25) is 9.59 Å². The van der Waals surface area contributed by atoms with Gasteiger partial charge in [-0.25, -0.2) is 4.98 Å². The Morgan fingerprint density at radius 3 is 2.44 bits per heavy atom. The molecule has 2 aliphatic rings. The fourth-order valence-corrected chi connectivity index (χ4v) is 3.99. The highest BCUT2D eigenvalue weighted by Gasteiger charge is 2.34. The predicted molar refractivity (Wildman–Crippen MR) is 105 cm³/mol. The van der Waals surface area contributed by atoms with Gasteiger partial charge in [-0.1, -0.05) is 6.07 Å². The Balaban J connectivity index is 1.56. The fraction of sp³-hybridized carbons (Fsp3) is 0.650. The first-order valence-corrected chi connectivity index (χ1v) is 9.86. The minimum atomic E-state index is -0.272. The van der Waals surface area contributed by atoms with Gasteiger partial charge in [0.15, 0.2) is 0 Å². The highest BCUT2D eigenvalue weighted by Crippen LogP contribution is 2.21. The number of nitrogens with zero attached hydrogens (tertiary/aromatic N) is 5. The average molecular weight is 374 g/mol. The Morgan fingerprint density at radius 2 is 1.85 bits per heavy atom. The average Bonchev–Trinajstić information content (AvgIpc) is 2.68. The smallest absolute Gasteiger partial charge is 0.245 e. The molecule has 1 aromatic rings. The molecule has 3 heterocycles. The summed E-state index contributed by atoms with van der Waals surface area (Å²) in [5.41, 5.74) is 1.19. The number of hydrogen-bond acceptors (Lipinski definition) is 5. The molecule has 0 saturated carbocycles. The molecule has 148 valence electrons. The predicted octanol–water partition coefficient (Wildman–Crippen LogP) is 1.19. The third-order valence-electron chi connectivity index (χ3n) is 5.42. The lowest BCUT2D eigenvalue weighted by Crippen LogP contribution is -2.57. The van der Waals surface area contributed by atoms with Gasteiger partial charge in [-0.2, -0.15) is 0 Å². The maximum atomic E-state index is 13.0. The topological polar surface area (TPSA) is 60.0 Å². The van der Waals surface area contributed by atoms with Gasteiger partial charge in [0, 0.05) is 52.4 Å². The zero-order valence-corrected chi connectivity index (χ0v) is 16.7. The number of piperazine rings is 1. The van der Waals surface area contributed by atoms with Crippen LogP contribution in [0.4, 0.5) is 5.82 Å². The van der Waals surface area contributed by atoms with Gasteiger partial charge < -0.3 is 19.6 Å². The van der Waals surface area contributed by atoms with Crippen molar-refractivity contribution in [1.82, 2.24) is 19.7 Å². The molecular weight excluding hydrogens is 342 g/mol. The Hall–Kier alpha value is -2.15. The molecule has 2 aliphatic heterocycles. The Bertz CT molecular complexity index is 653. The maximum absolute atomic E-state index is 13.0. The first kappa shape index (κ1) is 19.6. The maximum Gasteiger partial charge on any atom is 0.245 e. The molecule has 0 spiro atoms. The second-order valence-electron chi connectivity index (χ2n) is 7.80. The van der Waals surface area contributed by atoms with E-state index in [4.69, 9.17) is 0 Å². The number of amides is 2. The summed E-state index contributed by atoms with van der Waals surface area (Å²) in [5.74, 6) is 1.08. The van der Waals surface area contributed by atoms with Gasteiger partial charge in [0.05, 0.1) is 0 Å². The van der Waals surface area contributed by atoms with Gasteiger partial charge in [-0.15, -0.1) is 0 Å².